The van der Waals surface area contributed by atoms with Gasteiger partial charge in [0.1, 0.15) is 0 Å². The molecule has 0 heterocycles. The van der Waals surface area contributed by atoms with E-state index in [1.807, 2.05) is 6.92 Å². The van der Waals surface area contributed by atoms with Crippen molar-refractivity contribution >= 4 is 29.2 Å². The molecule has 0 radical (unpaired) electrons. The van der Waals surface area contributed by atoms with Crippen LogP contribution in [-0.4, -0.2) is 22.9 Å². The van der Waals surface area contributed by atoms with E-state index in [9.17, 15) is 14.4 Å². The molecule has 0 bridgehead atoms. The number of anilines is 2. The Morgan fingerprint density at radius 1 is 1.19 bits per heavy atom. The highest BCUT2D eigenvalue weighted by atomic mass is 16.4. The van der Waals surface area contributed by atoms with Gasteiger partial charge >= 0.3 is 5.97 Å². The van der Waals surface area contributed by atoms with Crippen LogP contribution in [0.2, 0.25) is 0 Å². The standard InChI is InChI=1S/C15H20N2O4/c1-9-5-6-11(16-10(2)18)7-12(9)17-13(19)8-15(3,4)14(20)21/h5-7H,8H2,1-4H3,(H,16,18)(H,17,19)(H,20,21). The van der Waals surface area contributed by atoms with Gasteiger partial charge in [0.05, 0.1) is 5.41 Å². The van der Waals surface area contributed by atoms with Crippen LogP contribution in [0.4, 0.5) is 11.4 Å². The summed E-state index contributed by atoms with van der Waals surface area (Å²) in [5.41, 5.74) is 0.812. The molecule has 0 aliphatic carbocycles. The quantitative estimate of drug-likeness (QED) is 0.776. The molecule has 3 N–H and O–H groups in total. The lowest BCUT2D eigenvalue weighted by atomic mass is 9.89. The van der Waals surface area contributed by atoms with Crippen LogP contribution in [0.5, 0.6) is 0 Å². The second kappa shape index (κ2) is 6.39. The van der Waals surface area contributed by atoms with E-state index in [1.54, 1.807) is 18.2 Å². The number of aryl methyl sites for hydroxylation is 1. The zero-order chi connectivity index (χ0) is 16.2. The third-order valence-electron chi connectivity index (χ3n) is 3.01. The van der Waals surface area contributed by atoms with Gasteiger partial charge in [0.15, 0.2) is 0 Å². The Bertz CT molecular complexity index is 579. The maximum absolute atomic E-state index is 12.0. The van der Waals surface area contributed by atoms with Crippen LogP contribution in [0.1, 0.15) is 32.8 Å². The third kappa shape index (κ3) is 4.91. The highest BCUT2D eigenvalue weighted by Crippen LogP contribution is 2.24. The summed E-state index contributed by atoms with van der Waals surface area (Å²) in [7, 11) is 0. The van der Waals surface area contributed by atoms with Crippen molar-refractivity contribution in [1.82, 2.24) is 0 Å². The van der Waals surface area contributed by atoms with Gasteiger partial charge in [-0.25, -0.2) is 0 Å². The molecule has 0 unspecified atom stereocenters. The Morgan fingerprint density at radius 2 is 1.81 bits per heavy atom. The molecular weight excluding hydrogens is 272 g/mol. The average molecular weight is 292 g/mol. The number of benzene rings is 1. The molecule has 21 heavy (non-hydrogen) atoms. The van der Waals surface area contributed by atoms with Gasteiger partial charge in [0.2, 0.25) is 11.8 Å². The summed E-state index contributed by atoms with van der Waals surface area (Å²) >= 11 is 0. The monoisotopic (exact) mass is 292 g/mol. The zero-order valence-electron chi connectivity index (χ0n) is 12.6. The molecular formula is C15H20N2O4. The number of hydrogen-bond acceptors (Lipinski definition) is 3. The Balaban J connectivity index is 2.85. The number of carboxylic acid groups (broad SMARTS) is 1. The molecule has 0 atom stereocenters. The fraction of sp³-hybridized carbons (Fsp3) is 0.400. The summed E-state index contributed by atoms with van der Waals surface area (Å²) < 4.78 is 0. The van der Waals surface area contributed by atoms with Crippen molar-refractivity contribution < 1.29 is 19.5 Å². The minimum Gasteiger partial charge on any atom is -0.481 e. The molecule has 114 valence electrons. The minimum atomic E-state index is -1.13. The number of carboxylic acids is 1. The molecule has 6 nitrogen and oxygen atoms in total. The Morgan fingerprint density at radius 3 is 2.33 bits per heavy atom. The van der Waals surface area contributed by atoms with Crippen molar-refractivity contribution in [2.75, 3.05) is 10.6 Å². The van der Waals surface area contributed by atoms with Gasteiger partial charge in [-0.05, 0) is 38.5 Å². The van der Waals surface area contributed by atoms with Crippen LogP contribution in [0.15, 0.2) is 18.2 Å². The minimum absolute atomic E-state index is 0.133. The second-order valence-electron chi connectivity index (χ2n) is 5.62. The first-order valence-electron chi connectivity index (χ1n) is 6.53. The molecule has 0 aliphatic rings. The molecule has 2 amide bonds. The first kappa shape index (κ1) is 16.7. The molecule has 1 aromatic carbocycles. The van der Waals surface area contributed by atoms with Crippen LogP contribution in [0, 0.1) is 12.3 Å². The lowest BCUT2D eigenvalue weighted by Gasteiger charge is -2.19. The summed E-state index contributed by atoms with van der Waals surface area (Å²) in [6, 6.07) is 5.14. The van der Waals surface area contributed by atoms with Crippen LogP contribution < -0.4 is 10.6 Å². The summed E-state index contributed by atoms with van der Waals surface area (Å²) in [6.45, 7) is 6.20. The molecule has 0 fully saturated rings. The van der Waals surface area contributed by atoms with Crippen molar-refractivity contribution in [2.24, 2.45) is 5.41 Å². The van der Waals surface area contributed by atoms with Gasteiger partial charge < -0.3 is 15.7 Å². The van der Waals surface area contributed by atoms with Crippen molar-refractivity contribution in [2.45, 2.75) is 34.1 Å². The number of aliphatic carboxylic acids is 1. The van der Waals surface area contributed by atoms with E-state index in [4.69, 9.17) is 5.11 Å². The summed E-state index contributed by atoms with van der Waals surface area (Å²) in [4.78, 5) is 34.0. The smallest absolute Gasteiger partial charge is 0.309 e. The van der Waals surface area contributed by atoms with E-state index < -0.39 is 11.4 Å². The second-order valence-corrected chi connectivity index (χ2v) is 5.62. The maximum atomic E-state index is 12.0. The van der Waals surface area contributed by atoms with Crippen molar-refractivity contribution in [1.29, 1.82) is 0 Å². The van der Waals surface area contributed by atoms with E-state index in [-0.39, 0.29) is 18.2 Å². The highest BCUT2D eigenvalue weighted by Gasteiger charge is 2.30. The Kier molecular flexibility index (Phi) is 5.07. The number of rotatable bonds is 5. The van der Waals surface area contributed by atoms with E-state index in [2.05, 4.69) is 10.6 Å². The van der Waals surface area contributed by atoms with E-state index in [1.165, 1.54) is 20.8 Å². The largest absolute Gasteiger partial charge is 0.481 e. The number of carbonyl (C=O) groups excluding carboxylic acids is 2. The van der Waals surface area contributed by atoms with Gasteiger partial charge in [-0.15, -0.1) is 0 Å². The predicted molar refractivity (Wildman–Crippen MR) is 80.1 cm³/mol. The van der Waals surface area contributed by atoms with Crippen LogP contribution in [0.3, 0.4) is 0 Å². The predicted octanol–water partition coefficient (Wildman–Crippen LogP) is 2.39. The first-order valence-corrected chi connectivity index (χ1v) is 6.53. The highest BCUT2D eigenvalue weighted by molar-refractivity contribution is 5.96. The molecule has 0 aromatic heterocycles. The first-order chi connectivity index (χ1) is 9.61. The topological polar surface area (TPSA) is 95.5 Å². The van der Waals surface area contributed by atoms with Crippen molar-refractivity contribution in [3.63, 3.8) is 0 Å². The normalized spacial score (nSPS) is 10.9. The summed E-state index contributed by atoms with van der Waals surface area (Å²) in [5.74, 6) is -1.62. The number of hydrogen-bond donors (Lipinski definition) is 3. The Labute approximate surface area is 123 Å². The summed E-state index contributed by atoms with van der Waals surface area (Å²) in [6.07, 6.45) is -0.133. The van der Waals surface area contributed by atoms with Gasteiger partial charge in [-0.2, -0.15) is 0 Å². The van der Waals surface area contributed by atoms with Gasteiger partial charge in [-0.1, -0.05) is 6.07 Å². The van der Waals surface area contributed by atoms with Crippen molar-refractivity contribution in [3.8, 4) is 0 Å². The number of amides is 2. The van der Waals surface area contributed by atoms with Crippen molar-refractivity contribution in [3.05, 3.63) is 23.8 Å². The van der Waals surface area contributed by atoms with E-state index >= 15 is 0 Å². The molecule has 1 aromatic rings. The lowest BCUT2D eigenvalue weighted by molar-refractivity contribution is -0.149. The molecule has 6 heteroatoms. The third-order valence-corrected chi connectivity index (χ3v) is 3.01. The molecule has 0 aliphatic heterocycles. The molecule has 1 rings (SSSR count). The van der Waals surface area contributed by atoms with Gasteiger partial charge in [0.25, 0.3) is 0 Å². The summed E-state index contributed by atoms with van der Waals surface area (Å²) in [5, 5.41) is 14.3. The SMILES string of the molecule is CC(=O)Nc1ccc(C)c(NC(=O)CC(C)(C)C(=O)O)c1. The van der Waals surface area contributed by atoms with Crippen LogP contribution in [-0.2, 0) is 14.4 Å². The van der Waals surface area contributed by atoms with Gasteiger partial charge in [0, 0.05) is 24.7 Å². The molecule has 0 spiro atoms. The maximum Gasteiger partial charge on any atom is 0.309 e. The average Bonchev–Trinajstić information content (AvgIpc) is 2.31. The zero-order valence-corrected chi connectivity index (χ0v) is 12.6. The fourth-order valence-electron chi connectivity index (χ4n) is 1.71. The van der Waals surface area contributed by atoms with Crippen LogP contribution >= 0.6 is 0 Å². The van der Waals surface area contributed by atoms with Gasteiger partial charge in [-0.3, -0.25) is 14.4 Å². The lowest BCUT2D eigenvalue weighted by Crippen LogP contribution is -2.29. The molecule has 0 saturated heterocycles. The fourth-order valence-corrected chi connectivity index (χ4v) is 1.71. The van der Waals surface area contributed by atoms with E-state index in [0.717, 1.165) is 5.56 Å². The number of carbonyl (C=O) groups is 3. The van der Waals surface area contributed by atoms with E-state index in [0.29, 0.717) is 11.4 Å². The molecule has 0 saturated carbocycles. The Hall–Kier alpha value is -2.37. The number of nitrogens with one attached hydrogen (secondary N) is 2. The van der Waals surface area contributed by atoms with Crippen LogP contribution in [0.25, 0.3) is 0 Å².